The van der Waals surface area contributed by atoms with Gasteiger partial charge in [0.1, 0.15) is 0 Å². The van der Waals surface area contributed by atoms with Crippen LogP contribution in [0.4, 0.5) is 0 Å². The number of likely N-dealkylation sites (N-methyl/N-ethyl adjacent to an activating group) is 1. The molecule has 3 rings (SSSR count). The van der Waals surface area contributed by atoms with Crippen molar-refractivity contribution < 1.29 is 19.5 Å². The number of fused-ring (bicyclic) bond motifs is 1. The number of hydrogen-bond donors (Lipinski definition) is 2. The minimum atomic E-state index is -0.802. The summed E-state index contributed by atoms with van der Waals surface area (Å²) in [6.07, 6.45) is 3.01. The highest BCUT2D eigenvalue weighted by atomic mass is 16.4. The van der Waals surface area contributed by atoms with Crippen LogP contribution >= 0.6 is 0 Å². The molecular formula is C20H25N3O4. The van der Waals surface area contributed by atoms with E-state index in [9.17, 15) is 14.4 Å². The Morgan fingerprint density at radius 2 is 1.96 bits per heavy atom. The van der Waals surface area contributed by atoms with E-state index in [1.807, 2.05) is 31.3 Å². The number of carbonyl (C=O) groups is 3. The molecule has 2 amide bonds. The van der Waals surface area contributed by atoms with E-state index in [0.29, 0.717) is 25.9 Å². The number of carbonyl (C=O) groups excluding carboxylic acids is 2. The zero-order valence-corrected chi connectivity index (χ0v) is 15.7. The number of aromatic amines is 1. The summed E-state index contributed by atoms with van der Waals surface area (Å²) in [4.78, 5) is 42.3. The Bertz CT molecular complexity index is 865. The molecule has 7 nitrogen and oxygen atoms in total. The third-order valence-electron chi connectivity index (χ3n) is 5.35. The van der Waals surface area contributed by atoms with Crippen LogP contribution in [0.2, 0.25) is 0 Å². The Kier molecular flexibility index (Phi) is 5.48. The van der Waals surface area contributed by atoms with E-state index in [4.69, 9.17) is 5.11 Å². The predicted octanol–water partition coefficient (Wildman–Crippen LogP) is 1.80. The molecule has 1 aliphatic rings. The van der Waals surface area contributed by atoms with Crippen LogP contribution in [-0.2, 0) is 20.8 Å². The maximum Gasteiger partial charge on any atom is 0.306 e. The summed E-state index contributed by atoms with van der Waals surface area (Å²) in [7, 11) is 1.63. The van der Waals surface area contributed by atoms with Crippen molar-refractivity contribution in [1.29, 1.82) is 0 Å². The van der Waals surface area contributed by atoms with Crippen LogP contribution < -0.4 is 0 Å². The summed E-state index contributed by atoms with van der Waals surface area (Å²) in [6, 6.07) is 5.97. The standard InChI is InChI=1S/C20H25N3O4/c1-13-4-3-5-16-15(11-21-19(13)16)10-17(24)22(2)12-18(25)23-8-6-14(7-9-23)20(26)27/h3-5,11,14,21H,6-10,12H2,1-2H3,(H,26,27). The number of nitrogens with one attached hydrogen (secondary N) is 1. The number of rotatable bonds is 5. The van der Waals surface area contributed by atoms with Crippen LogP contribution in [0.5, 0.6) is 0 Å². The van der Waals surface area contributed by atoms with E-state index in [-0.39, 0.29) is 30.7 Å². The Labute approximate surface area is 157 Å². The summed E-state index contributed by atoms with van der Waals surface area (Å²) in [5.74, 6) is -1.43. The first-order valence-corrected chi connectivity index (χ1v) is 9.17. The van der Waals surface area contributed by atoms with Gasteiger partial charge in [0.25, 0.3) is 0 Å². The smallest absolute Gasteiger partial charge is 0.306 e. The molecular weight excluding hydrogens is 346 g/mol. The number of H-pyrrole nitrogens is 1. The van der Waals surface area contributed by atoms with Gasteiger partial charge in [0.15, 0.2) is 0 Å². The second-order valence-corrected chi connectivity index (χ2v) is 7.23. The number of carboxylic acid groups (broad SMARTS) is 1. The fourth-order valence-electron chi connectivity index (χ4n) is 3.58. The lowest BCUT2D eigenvalue weighted by Gasteiger charge is -2.31. The summed E-state index contributed by atoms with van der Waals surface area (Å²) in [5, 5.41) is 10.1. The average molecular weight is 371 g/mol. The quantitative estimate of drug-likeness (QED) is 0.838. The highest BCUT2D eigenvalue weighted by molar-refractivity contribution is 5.91. The molecule has 1 aliphatic heterocycles. The van der Waals surface area contributed by atoms with Gasteiger partial charge in [-0.2, -0.15) is 0 Å². The largest absolute Gasteiger partial charge is 0.481 e. The molecule has 2 N–H and O–H groups in total. The van der Waals surface area contributed by atoms with Crippen LogP contribution in [0.3, 0.4) is 0 Å². The lowest BCUT2D eigenvalue weighted by molar-refractivity contribution is -0.146. The van der Waals surface area contributed by atoms with Crippen LogP contribution in [0.1, 0.15) is 24.0 Å². The van der Waals surface area contributed by atoms with Gasteiger partial charge in [-0.3, -0.25) is 14.4 Å². The SMILES string of the molecule is Cc1cccc2c(CC(=O)N(C)CC(=O)N3CCC(C(=O)O)CC3)c[nH]c12. The van der Waals surface area contributed by atoms with Gasteiger partial charge in [-0.05, 0) is 30.9 Å². The van der Waals surface area contributed by atoms with E-state index >= 15 is 0 Å². The first-order chi connectivity index (χ1) is 12.9. The molecule has 27 heavy (non-hydrogen) atoms. The van der Waals surface area contributed by atoms with Gasteiger partial charge in [-0.1, -0.05) is 18.2 Å². The summed E-state index contributed by atoms with van der Waals surface area (Å²) < 4.78 is 0. The van der Waals surface area contributed by atoms with Crippen molar-refractivity contribution in [3.8, 4) is 0 Å². The van der Waals surface area contributed by atoms with E-state index in [1.54, 1.807) is 11.9 Å². The Balaban J connectivity index is 1.57. The normalized spacial score (nSPS) is 15.1. The minimum Gasteiger partial charge on any atom is -0.481 e. The molecule has 2 heterocycles. The highest BCUT2D eigenvalue weighted by Gasteiger charge is 2.28. The topological polar surface area (TPSA) is 93.7 Å². The molecule has 2 aromatic rings. The first kappa shape index (κ1) is 18.9. The van der Waals surface area contributed by atoms with E-state index in [0.717, 1.165) is 22.0 Å². The third kappa shape index (κ3) is 4.13. The molecule has 0 spiro atoms. The fourth-order valence-corrected chi connectivity index (χ4v) is 3.58. The maximum atomic E-state index is 12.6. The van der Waals surface area contributed by atoms with Crippen LogP contribution in [0, 0.1) is 12.8 Å². The number of piperidine rings is 1. The Hall–Kier alpha value is -2.83. The van der Waals surface area contributed by atoms with Crippen molar-refractivity contribution in [1.82, 2.24) is 14.8 Å². The lowest BCUT2D eigenvalue weighted by atomic mass is 9.97. The molecule has 0 radical (unpaired) electrons. The Morgan fingerprint density at radius 1 is 1.26 bits per heavy atom. The number of aliphatic carboxylic acids is 1. The zero-order valence-electron chi connectivity index (χ0n) is 15.7. The monoisotopic (exact) mass is 371 g/mol. The first-order valence-electron chi connectivity index (χ1n) is 9.17. The molecule has 0 unspecified atom stereocenters. The number of aryl methyl sites for hydroxylation is 1. The number of carboxylic acids is 1. The van der Waals surface area contributed by atoms with Crippen LogP contribution in [0.15, 0.2) is 24.4 Å². The number of likely N-dealkylation sites (tertiary alicyclic amines) is 1. The van der Waals surface area contributed by atoms with Crippen LogP contribution in [-0.4, -0.2) is 64.4 Å². The lowest BCUT2D eigenvalue weighted by Crippen LogP contribution is -2.45. The molecule has 0 saturated carbocycles. The van der Waals surface area contributed by atoms with E-state index < -0.39 is 5.97 Å². The van der Waals surface area contributed by atoms with Gasteiger partial charge in [0.2, 0.25) is 11.8 Å². The van der Waals surface area contributed by atoms with Crippen molar-refractivity contribution >= 4 is 28.7 Å². The van der Waals surface area contributed by atoms with E-state index in [1.165, 1.54) is 4.90 Å². The summed E-state index contributed by atoms with van der Waals surface area (Å²) in [6.45, 7) is 2.89. The maximum absolute atomic E-state index is 12.6. The summed E-state index contributed by atoms with van der Waals surface area (Å²) in [5.41, 5.74) is 3.07. The Morgan fingerprint density at radius 3 is 2.63 bits per heavy atom. The highest BCUT2D eigenvalue weighted by Crippen LogP contribution is 2.22. The number of hydrogen-bond acceptors (Lipinski definition) is 3. The van der Waals surface area contributed by atoms with Crippen molar-refractivity contribution in [3.63, 3.8) is 0 Å². The second kappa shape index (κ2) is 7.82. The van der Waals surface area contributed by atoms with Gasteiger partial charge in [-0.15, -0.1) is 0 Å². The van der Waals surface area contributed by atoms with Gasteiger partial charge in [0.05, 0.1) is 18.9 Å². The van der Waals surface area contributed by atoms with Crippen LogP contribution in [0.25, 0.3) is 10.9 Å². The molecule has 1 fully saturated rings. The van der Waals surface area contributed by atoms with Gasteiger partial charge >= 0.3 is 5.97 Å². The number of para-hydroxylation sites is 1. The van der Waals surface area contributed by atoms with E-state index in [2.05, 4.69) is 4.98 Å². The third-order valence-corrected chi connectivity index (χ3v) is 5.35. The van der Waals surface area contributed by atoms with Gasteiger partial charge < -0.3 is 19.9 Å². The number of benzene rings is 1. The molecule has 144 valence electrons. The predicted molar refractivity (Wildman–Crippen MR) is 101 cm³/mol. The average Bonchev–Trinajstić information content (AvgIpc) is 3.06. The fraction of sp³-hybridized carbons (Fsp3) is 0.450. The second-order valence-electron chi connectivity index (χ2n) is 7.23. The molecule has 7 heteroatoms. The molecule has 1 saturated heterocycles. The van der Waals surface area contributed by atoms with Gasteiger partial charge in [0, 0.05) is 37.2 Å². The van der Waals surface area contributed by atoms with Crippen molar-refractivity contribution in [2.45, 2.75) is 26.2 Å². The summed E-state index contributed by atoms with van der Waals surface area (Å²) >= 11 is 0. The number of aromatic nitrogens is 1. The van der Waals surface area contributed by atoms with Crippen molar-refractivity contribution in [2.24, 2.45) is 5.92 Å². The zero-order chi connectivity index (χ0) is 19.6. The number of amides is 2. The molecule has 0 atom stereocenters. The van der Waals surface area contributed by atoms with Gasteiger partial charge in [-0.25, -0.2) is 0 Å². The van der Waals surface area contributed by atoms with Crippen molar-refractivity contribution in [2.75, 3.05) is 26.7 Å². The molecule has 0 aliphatic carbocycles. The molecule has 1 aromatic heterocycles. The minimum absolute atomic E-state index is 0.0119. The molecule has 1 aromatic carbocycles. The van der Waals surface area contributed by atoms with Crippen molar-refractivity contribution in [3.05, 3.63) is 35.5 Å². The molecule has 0 bridgehead atoms. The number of nitrogens with zero attached hydrogens (tertiary/aromatic N) is 2.